The van der Waals surface area contributed by atoms with E-state index in [4.69, 9.17) is 9.47 Å². The van der Waals surface area contributed by atoms with Gasteiger partial charge in [-0.25, -0.2) is 0 Å². The predicted molar refractivity (Wildman–Crippen MR) is 60.5 cm³/mol. The molecule has 0 saturated heterocycles. The van der Waals surface area contributed by atoms with Gasteiger partial charge in [0.05, 0.1) is 0 Å². The normalized spacial score (nSPS) is 14.9. The second kappa shape index (κ2) is 4.53. The van der Waals surface area contributed by atoms with Crippen LogP contribution in [0.4, 0.5) is 5.69 Å². The topological polar surface area (TPSA) is 21.7 Å². The molecule has 1 aromatic carbocycles. The van der Waals surface area contributed by atoms with E-state index in [1.165, 1.54) is 24.1 Å². The van der Waals surface area contributed by atoms with Crippen LogP contribution in [0.5, 0.6) is 5.75 Å². The Morgan fingerprint density at radius 1 is 1.40 bits per heavy atom. The van der Waals surface area contributed by atoms with Gasteiger partial charge in [0, 0.05) is 32.5 Å². The van der Waals surface area contributed by atoms with Crippen molar-refractivity contribution in [2.24, 2.45) is 0 Å². The Bertz CT molecular complexity index is 338. The van der Waals surface area contributed by atoms with Crippen LogP contribution in [0.3, 0.4) is 0 Å². The molecule has 0 spiro atoms. The van der Waals surface area contributed by atoms with Gasteiger partial charge in [0.2, 0.25) is 0 Å². The molecule has 3 nitrogen and oxygen atoms in total. The lowest BCUT2D eigenvalue weighted by Crippen LogP contribution is -2.24. The average molecular weight is 207 g/mol. The van der Waals surface area contributed by atoms with Crippen molar-refractivity contribution in [1.82, 2.24) is 0 Å². The third-order valence-electron chi connectivity index (χ3n) is 2.75. The van der Waals surface area contributed by atoms with Crippen molar-refractivity contribution in [3.05, 3.63) is 23.8 Å². The quantitative estimate of drug-likeness (QED) is 0.708. The minimum Gasteiger partial charge on any atom is -0.467 e. The molecule has 0 aromatic heterocycles. The summed E-state index contributed by atoms with van der Waals surface area (Å²) in [5.41, 5.74) is 2.70. The Kier molecular flexibility index (Phi) is 3.11. The number of hydrogen-bond acceptors (Lipinski definition) is 3. The Balaban J connectivity index is 2.19. The third kappa shape index (κ3) is 2.23. The smallest absolute Gasteiger partial charge is 0.188 e. The van der Waals surface area contributed by atoms with Crippen LogP contribution in [-0.2, 0) is 11.2 Å². The zero-order chi connectivity index (χ0) is 10.7. The molecular formula is C12H17NO2. The highest BCUT2D eigenvalue weighted by atomic mass is 16.7. The molecule has 0 atom stereocenters. The van der Waals surface area contributed by atoms with Crippen molar-refractivity contribution in [2.45, 2.75) is 12.8 Å². The highest BCUT2D eigenvalue weighted by Crippen LogP contribution is 2.29. The van der Waals surface area contributed by atoms with Gasteiger partial charge in [-0.1, -0.05) is 6.07 Å². The van der Waals surface area contributed by atoms with Crippen molar-refractivity contribution < 1.29 is 9.47 Å². The van der Waals surface area contributed by atoms with E-state index < -0.39 is 0 Å². The summed E-state index contributed by atoms with van der Waals surface area (Å²) in [4.78, 5) is 2.28. The fraction of sp³-hybridized carbons (Fsp3) is 0.500. The summed E-state index contributed by atoms with van der Waals surface area (Å²) in [6.07, 6.45) is 2.41. The second-order valence-corrected chi connectivity index (χ2v) is 3.87. The number of rotatable bonds is 3. The third-order valence-corrected chi connectivity index (χ3v) is 2.75. The molecule has 1 aliphatic heterocycles. The second-order valence-electron chi connectivity index (χ2n) is 3.87. The lowest BCUT2D eigenvalue weighted by atomic mass is 10.0. The maximum absolute atomic E-state index is 5.42. The lowest BCUT2D eigenvalue weighted by Gasteiger charge is -2.27. The fourth-order valence-electron chi connectivity index (χ4n) is 1.95. The minimum atomic E-state index is 0.308. The van der Waals surface area contributed by atoms with Crippen molar-refractivity contribution in [2.75, 3.05) is 32.4 Å². The van der Waals surface area contributed by atoms with Gasteiger partial charge in [0.25, 0.3) is 0 Å². The summed E-state index contributed by atoms with van der Waals surface area (Å²) in [6, 6.07) is 6.25. The molecule has 0 N–H and O–H groups in total. The fourth-order valence-corrected chi connectivity index (χ4v) is 1.95. The Hall–Kier alpha value is -1.22. The zero-order valence-corrected chi connectivity index (χ0v) is 9.32. The van der Waals surface area contributed by atoms with Gasteiger partial charge in [-0.05, 0) is 24.5 Å². The van der Waals surface area contributed by atoms with E-state index in [-0.39, 0.29) is 0 Å². The Morgan fingerprint density at radius 3 is 3.07 bits per heavy atom. The molecule has 15 heavy (non-hydrogen) atoms. The molecule has 82 valence electrons. The number of hydrogen-bond donors (Lipinski definition) is 0. The SMILES string of the molecule is COCOc1ccc2c(c1)N(C)CCC2. The Morgan fingerprint density at radius 2 is 2.27 bits per heavy atom. The maximum Gasteiger partial charge on any atom is 0.188 e. The lowest BCUT2D eigenvalue weighted by molar-refractivity contribution is 0.0511. The first-order valence-corrected chi connectivity index (χ1v) is 5.27. The highest BCUT2D eigenvalue weighted by Gasteiger charge is 2.13. The number of anilines is 1. The standard InChI is InChI=1S/C12H17NO2/c1-13-7-3-4-10-5-6-11(8-12(10)13)15-9-14-2/h5-6,8H,3-4,7,9H2,1-2H3. The van der Waals surface area contributed by atoms with E-state index in [2.05, 4.69) is 24.1 Å². The van der Waals surface area contributed by atoms with Gasteiger partial charge in [0.1, 0.15) is 5.75 Å². The van der Waals surface area contributed by atoms with Crippen LogP contribution in [0.1, 0.15) is 12.0 Å². The molecule has 1 aromatic rings. The first-order valence-electron chi connectivity index (χ1n) is 5.27. The van der Waals surface area contributed by atoms with Gasteiger partial charge in [0.15, 0.2) is 6.79 Å². The van der Waals surface area contributed by atoms with E-state index in [0.717, 1.165) is 12.3 Å². The van der Waals surface area contributed by atoms with E-state index in [1.807, 2.05) is 6.07 Å². The van der Waals surface area contributed by atoms with Gasteiger partial charge >= 0.3 is 0 Å². The number of aryl methyl sites for hydroxylation is 1. The van der Waals surface area contributed by atoms with Crippen molar-refractivity contribution >= 4 is 5.69 Å². The molecule has 0 aliphatic carbocycles. The van der Waals surface area contributed by atoms with Crippen molar-refractivity contribution in [1.29, 1.82) is 0 Å². The summed E-state index contributed by atoms with van der Waals surface area (Å²) in [5.74, 6) is 0.879. The molecule has 0 amide bonds. The maximum atomic E-state index is 5.42. The molecular weight excluding hydrogens is 190 g/mol. The van der Waals surface area contributed by atoms with E-state index in [9.17, 15) is 0 Å². The molecule has 1 heterocycles. The first-order chi connectivity index (χ1) is 7.31. The average Bonchev–Trinajstić information content (AvgIpc) is 2.27. The van der Waals surface area contributed by atoms with Crippen LogP contribution in [0.15, 0.2) is 18.2 Å². The van der Waals surface area contributed by atoms with Crippen molar-refractivity contribution in [3.63, 3.8) is 0 Å². The summed E-state index contributed by atoms with van der Waals surface area (Å²) in [7, 11) is 3.75. The number of ether oxygens (including phenoxy) is 2. The predicted octanol–water partition coefficient (Wildman–Crippen LogP) is 2.05. The van der Waals surface area contributed by atoms with Crippen LogP contribution >= 0.6 is 0 Å². The first kappa shape index (κ1) is 10.3. The van der Waals surface area contributed by atoms with Gasteiger partial charge in [-0.2, -0.15) is 0 Å². The molecule has 0 fully saturated rings. The number of fused-ring (bicyclic) bond motifs is 1. The van der Waals surface area contributed by atoms with Crippen LogP contribution in [0.25, 0.3) is 0 Å². The molecule has 0 bridgehead atoms. The van der Waals surface area contributed by atoms with E-state index in [1.54, 1.807) is 7.11 Å². The summed E-state index contributed by atoms with van der Waals surface area (Å²) < 4.78 is 10.3. The van der Waals surface area contributed by atoms with Crippen molar-refractivity contribution in [3.8, 4) is 5.75 Å². The summed E-state index contributed by atoms with van der Waals surface area (Å²) >= 11 is 0. The van der Waals surface area contributed by atoms with Crippen LogP contribution < -0.4 is 9.64 Å². The monoisotopic (exact) mass is 207 g/mol. The van der Waals surface area contributed by atoms with Crippen LogP contribution in [0, 0.1) is 0 Å². The van der Waals surface area contributed by atoms with Crippen LogP contribution in [-0.4, -0.2) is 27.5 Å². The molecule has 0 saturated carbocycles. The van der Waals surface area contributed by atoms with E-state index >= 15 is 0 Å². The molecule has 2 rings (SSSR count). The minimum absolute atomic E-state index is 0.308. The van der Waals surface area contributed by atoms with Gasteiger partial charge in [-0.15, -0.1) is 0 Å². The van der Waals surface area contributed by atoms with E-state index in [0.29, 0.717) is 6.79 Å². The molecule has 3 heteroatoms. The summed E-state index contributed by atoms with van der Waals surface area (Å²) in [5, 5.41) is 0. The van der Waals surface area contributed by atoms with Gasteiger partial charge < -0.3 is 14.4 Å². The molecule has 0 unspecified atom stereocenters. The number of benzene rings is 1. The highest BCUT2D eigenvalue weighted by molar-refractivity contribution is 5.58. The number of methoxy groups -OCH3 is 1. The molecule has 0 radical (unpaired) electrons. The number of nitrogens with zero attached hydrogens (tertiary/aromatic N) is 1. The van der Waals surface area contributed by atoms with Gasteiger partial charge in [-0.3, -0.25) is 0 Å². The molecule has 1 aliphatic rings. The summed E-state index contributed by atoms with van der Waals surface area (Å²) in [6.45, 7) is 1.43. The Labute approximate surface area is 90.6 Å². The largest absolute Gasteiger partial charge is 0.467 e. The van der Waals surface area contributed by atoms with Crippen LogP contribution in [0.2, 0.25) is 0 Å². The zero-order valence-electron chi connectivity index (χ0n) is 9.32.